The Morgan fingerprint density at radius 1 is 0.188 bits per heavy atom. The van der Waals surface area contributed by atoms with Crippen LogP contribution >= 0.6 is 0 Å². The lowest BCUT2D eigenvalue weighted by atomic mass is 9.91. The fourth-order valence-electron chi connectivity index (χ4n) is 13.3. The Hall–Kier alpha value is -11.8. The molecule has 472 valence electrons. The molecule has 0 unspecified atom stereocenters. The molecule has 0 aromatic heterocycles. The van der Waals surface area contributed by atoms with Gasteiger partial charge < -0.3 is 39.4 Å². The average Bonchev–Trinajstić information content (AvgIpc) is 0.821. The third kappa shape index (κ3) is 13.3. The number of fused-ring (bicyclic) bond motifs is 2. The molecular weight excluding hydrogens is 1190 g/mol. The molecule has 0 amide bonds. The minimum absolute atomic E-state index is 0.219. The van der Waals surface area contributed by atoms with Crippen molar-refractivity contribution in [1.82, 2.24) is 0 Å². The van der Waals surface area contributed by atoms with Crippen molar-refractivity contribution < 1.29 is 39.4 Å². The molecule has 0 spiro atoms. The molecule has 16 aliphatic rings. The number of rotatable bonds is 0. The van der Waals surface area contributed by atoms with Crippen molar-refractivity contribution in [2.45, 2.75) is 77.8 Å². The third-order valence-electron chi connectivity index (χ3n) is 18.4. The second kappa shape index (κ2) is 27.1. The highest BCUT2D eigenvalue weighted by Gasteiger charge is 2.24. The van der Waals surface area contributed by atoms with Crippen LogP contribution in [0.25, 0.3) is 0 Å². The zero-order chi connectivity index (χ0) is 64.9. The smallest absolute Gasteiger partial charge is 0.126 e. The number of ether oxygens (including phenoxy) is 4. The molecule has 14 heterocycles. The highest BCUT2D eigenvalue weighted by atomic mass is 16.5. The number of nitrogens with zero attached hydrogens (tertiary/aromatic N) is 4. The van der Waals surface area contributed by atoms with Crippen molar-refractivity contribution in [1.29, 1.82) is 0 Å². The van der Waals surface area contributed by atoms with Gasteiger partial charge in [0.25, 0.3) is 0 Å². The summed E-state index contributed by atoms with van der Waals surface area (Å²) in [4.78, 5) is 0. The van der Waals surface area contributed by atoms with Crippen LogP contribution in [0.15, 0.2) is 263 Å². The van der Waals surface area contributed by atoms with Crippen LogP contribution in [0.3, 0.4) is 0 Å². The number of para-hydroxylation sites is 8. The molecule has 12 heteroatoms. The van der Waals surface area contributed by atoms with E-state index in [1.165, 1.54) is 0 Å². The van der Waals surface area contributed by atoms with Gasteiger partial charge in [0.15, 0.2) is 0 Å². The highest BCUT2D eigenvalue weighted by molar-refractivity contribution is 5.59. The third-order valence-corrected chi connectivity index (χ3v) is 18.4. The number of hydrogen-bond acceptors (Lipinski definition) is 12. The molecule has 14 aliphatic heterocycles. The molecule has 0 atom stereocenters. The first kappa shape index (κ1) is 60.5. The minimum atomic E-state index is 0.219. The first-order valence-electron chi connectivity index (χ1n) is 32.5. The molecule has 96 heavy (non-hydrogen) atoms. The van der Waals surface area contributed by atoms with Gasteiger partial charge in [-0.2, -0.15) is 20.5 Å². The SMILES string of the molecule is Oc1c2cccc1Cc1cccc3c1OCc1ccc(cc1)N=Nc1ccc(cc1)COc1c4cccc1Cc1cccc(c1O)Cc1cccc(c1OCc1ccc(cc1)N=Nc1ccc(cc1)COc1c(cccc1Cc1cccc(c1O)C3)C2)Cc1cccc(c1O)C4. The lowest BCUT2D eigenvalue weighted by Crippen LogP contribution is -2.06. The monoisotopic (exact) mass is 1260 g/mol. The molecule has 28 bridgehead atoms. The molecule has 28 rings (SSSR count). The van der Waals surface area contributed by atoms with Crippen molar-refractivity contribution in [3.63, 3.8) is 0 Å². The number of aromatic hydroxyl groups is 4. The molecule has 4 N–H and O–H groups in total. The molecule has 12 aromatic carbocycles. The summed E-state index contributed by atoms with van der Waals surface area (Å²) in [5.41, 5.74) is 19.7. The zero-order valence-electron chi connectivity index (χ0n) is 52.8. The molecule has 0 radical (unpaired) electrons. The second-order valence-corrected chi connectivity index (χ2v) is 25.0. The van der Waals surface area contributed by atoms with Gasteiger partial charge in [-0.15, -0.1) is 0 Å². The Labute approximate surface area is 557 Å². The van der Waals surface area contributed by atoms with Gasteiger partial charge in [0.1, 0.15) is 72.4 Å². The minimum Gasteiger partial charge on any atom is -0.507 e. The first-order valence-corrected chi connectivity index (χ1v) is 32.5. The van der Waals surface area contributed by atoms with E-state index >= 15 is 0 Å². The summed E-state index contributed by atoms with van der Waals surface area (Å²) in [6.45, 7) is 1.03. The van der Waals surface area contributed by atoms with Crippen molar-refractivity contribution >= 4 is 22.7 Å². The van der Waals surface area contributed by atoms with Crippen molar-refractivity contribution in [3.8, 4) is 46.0 Å². The predicted molar refractivity (Wildman–Crippen MR) is 372 cm³/mol. The van der Waals surface area contributed by atoms with E-state index in [0.717, 1.165) is 111 Å². The van der Waals surface area contributed by atoms with E-state index in [9.17, 15) is 20.4 Å². The largest absolute Gasteiger partial charge is 0.507 e. The van der Waals surface area contributed by atoms with Gasteiger partial charge in [0.05, 0.1) is 22.7 Å². The van der Waals surface area contributed by atoms with Crippen LogP contribution in [-0.4, -0.2) is 20.4 Å². The van der Waals surface area contributed by atoms with Crippen LogP contribution in [0.4, 0.5) is 22.7 Å². The van der Waals surface area contributed by atoms with Crippen molar-refractivity contribution in [2.75, 3.05) is 0 Å². The predicted octanol–water partition coefficient (Wildman–Crippen LogP) is 19.3. The van der Waals surface area contributed by atoms with E-state index in [2.05, 4.69) is 20.5 Å². The van der Waals surface area contributed by atoms with Gasteiger partial charge in [-0.05, 0) is 160 Å². The molecule has 0 saturated heterocycles. The van der Waals surface area contributed by atoms with Crippen LogP contribution in [0.1, 0.15) is 111 Å². The zero-order valence-corrected chi connectivity index (χ0v) is 52.8. The number of benzene rings is 12. The summed E-state index contributed by atoms with van der Waals surface area (Å²) in [7, 11) is 0. The lowest BCUT2D eigenvalue weighted by molar-refractivity contribution is 0.300. The van der Waals surface area contributed by atoms with E-state index in [1.807, 2.05) is 243 Å². The Morgan fingerprint density at radius 2 is 0.333 bits per heavy atom. The molecule has 0 fully saturated rings. The van der Waals surface area contributed by atoms with Gasteiger partial charge in [0, 0.05) is 51.4 Å². The Morgan fingerprint density at radius 3 is 0.490 bits per heavy atom. The quantitative estimate of drug-likeness (QED) is 0.116. The second-order valence-electron chi connectivity index (χ2n) is 25.0. The van der Waals surface area contributed by atoms with Gasteiger partial charge in [-0.25, -0.2) is 0 Å². The van der Waals surface area contributed by atoms with Gasteiger partial charge in [-0.3, -0.25) is 0 Å². The van der Waals surface area contributed by atoms with Gasteiger partial charge in [-0.1, -0.05) is 194 Å². The van der Waals surface area contributed by atoms with Crippen LogP contribution < -0.4 is 18.9 Å². The van der Waals surface area contributed by atoms with Crippen LogP contribution in [0, 0.1) is 0 Å². The average molecular weight is 1260 g/mol. The fraction of sp³-hybridized carbons (Fsp3) is 0.143. The van der Waals surface area contributed by atoms with Crippen molar-refractivity contribution in [2.24, 2.45) is 20.5 Å². The molecule has 2 aliphatic carbocycles. The molecule has 12 aromatic rings. The number of phenols is 4. The standard InChI is InChI=1S/C84H68N4O8/c89-77-57-9-1-10-58(77)42-66-18-6-20-68-44-60-12-2-11-59(78(60)90)43-67-19-5-17-65(41-57)81(67)93-49-53-25-33-73(34-26-53)85-87-75-37-29-55(30-38-75)51-95-83-69-21-7-23-71(83)47-63-15-4-16-64(80(63)92)48-72-24-8-22-70(46-62-14-3-13-61(45-69)79(62)91)84(72)96-52-56-31-39-76(40-32-56)88-86-74-35-27-54(28-36-74)50-94-82(66)68/h1-40,89-92H,41-52H2. The van der Waals surface area contributed by atoms with E-state index in [1.54, 1.807) is 0 Å². The Kier molecular flexibility index (Phi) is 17.0. The van der Waals surface area contributed by atoms with Crippen LogP contribution in [0.5, 0.6) is 46.0 Å². The summed E-state index contributed by atoms with van der Waals surface area (Å²) in [6.07, 6.45) is 3.20. The van der Waals surface area contributed by atoms with E-state index in [-0.39, 0.29) is 49.4 Å². The summed E-state index contributed by atoms with van der Waals surface area (Å²) >= 11 is 0. The van der Waals surface area contributed by atoms with Gasteiger partial charge in [0.2, 0.25) is 0 Å². The maximum Gasteiger partial charge on any atom is 0.126 e. The van der Waals surface area contributed by atoms with E-state index < -0.39 is 0 Å². The van der Waals surface area contributed by atoms with Gasteiger partial charge >= 0.3 is 0 Å². The first-order chi connectivity index (χ1) is 47.1. The molecule has 0 saturated carbocycles. The van der Waals surface area contributed by atoms with E-state index in [4.69, 9.17) is 18.9 Å². The molecule has 12 nitrogen and oxygen atoms in total. The highest BCUT2D eigenvalue weighted by Crippen LogP contribution is 2.42. The summed E-state index contributed by atoms with van der Waals surface area (Å²) in [5.74, 6) is 3.66. The lowest BCUT2D eigenvalue weighted by Gasteiger charge is -2.20. The summed E-state index contributed by atoms with van der Waals surface area (Å²) in [5, 5.41) is 67.0. The number of azo groups is 2. The van der Waals surface area contributed by atoms with E-state index in [0.29, 0.717) is 97.1 Å². The topological polar surface area (TPSA) is 167 Å². The molecular formula is C84H68N4O8. The van der Waals surface area contributed by atoms with Crippen LogP contribution in [0.2, 0.25) is 0 Å². The Balaban J connectivity index is 0.772. The van der Waals surface area contributed by atoms with Crippen molar-refractivity contribution in [3.05, 3.63) is 354 Å². The normalized spacial score (nSPS) is 13.8. The Bertz CT molecular complexity index is 4140. The van der Waals surface area contributed by atoms with Crippen LogP contribution in [-0.2, 0) is 77.8 Å². The summed E-state index contributed by atoms with van der Waals surface area (Å²) < 4.78 is 27.4. The fourth-order valence-corrected chi connectivity index (χ4v) is 13.3. The number of phenolic OH excluding ortho intramolecular Hbond substituents is 4. The number of hydrogen-bond donors (Lipinski definition) is 4. The summed E-state index contributed by atoms with van der Waals surface area (Å²) in [6, 6.07) is 79.3. The maximum atomic E-state index is 12.2. The maximum absolute atomic E-state index is 12.2.